The third-order valence-electron chi connectivity index (χ3n) is 3.31. The molecule has 1 amide bonds. The van der Waals surface area contributed by atoms with Crippen molar-refractivity contribution in [3.63, 3.8) is 0 Å². The number of ether oxygens (including phenoxy) is 2. The third kappa shape index (κ3) is 5.46. The van der Waals surface area contributed by atoms with Gasteiger partial charge in [-0.1, -0.05) is 29.8 Å². The molecule has 0 atom stereocenters. The van der Waals surface area contributed by atoms with Crippen molar-refractivity contribution in [3.05, 3.63) is 58.4 Å². The van der Waals surface area contributed by atoms with E-state index in [0.717, 1.165) is 23.3 Å². The summed E-state index contributed by atoms with van der Waals surface area (Å²) in [4.78, 5) is 23.5. The van der Waals surface area contributed by atoms with Crippen molar-refractivity contribution in [2.45, 2.75) is 13.8 Å². The Bertz CT molecular complexity index is 774. The maximum Gasteiger partial charge on any atom is 0.344 e. The highest BCUT2D eigenvalue weighted by molar-refractivity contribution is 6.33. The number of aryl methyl sites for hydroxylation is 2. The minimum atomic E-state index is -0.678. The van der Waals surface area contributed by atoms with E-state index in [1.807, 2.05) is 32.0 Å². The van der Waals surface area contributed by atoms with Crippen molar-refractivity contribution < 1.29 is 23.5 Å². The smallest absolute Gasteiger partial charge is 0.344 e. The van der Waals surface area contributed by atoms with Crippen LogP contribution in [0.1, 0.15) is 11.1 Å². The number of hydrogen-bond donors (Lipinski definition) is 1. The van der Waals surface area contributed by atoms with Crippen LogP contribution in [0.2, 0.25) is 5.02 Å². The molecule has 2 rings (SSSR count). The fourth-order valence-electron chi connectivity index (χ4n) is 2.12. The third-order valence-corrected chi connectivity index (χ3v) is 3.63. The van der Waals surface area contributed by atoms with Gasteiger partial charge in [0.05, 0.1) is 10.7 Å². The number of hydrogen-bond acceptors (Lipinski definition) is 4. The van der Waals surface area contributed by atoms with Gasteiger partial charge in [-0.25, -0.2) is 9.18 Å². The van der Waals surface area contributed by atoms with Gasteiger partial charge in [0.1, 0.15) is 11.6 Å². The molecule has 0 heterocycles. The Morgan fingerprint density at radius 1 is 1.12 bits per heavy atom. The summed E-state index contributed by atoms with van der Waals surface area (Å²) in [6, 6.07) is 9.18. The molecular weight excluding hydrogens is 349 g/mol. The number of amides is 1. The van der Waals surface area contributed by atoms with Crippen LogP contribution in [0.15, 0.2) is 36.4 Å². The van der Waals surface area contributed by atoms with E-state index < -0.39 is 24.3 Å². The molecule has 0 spiro atoms. The number of anilines is 1. The Morgan fingerprint density at radius 3 is 2.44 bits per heavy atom. The van der Waals surface area contributed by atoms with Gasteiger partial charge in [-0.2, -0.15) is 0 Å². The summed E-state index contributed by atoms with van der Waals surface area (Å²) in [6.07, 6.45) is 0. The Kier molecular flexibility index (Phi) is 6.36. The fourth-order valence-corrected chi connectivity index (χ4v) is 2.34. The summed E-state index contributed by atoms with van der Waals surface area (Å²) < 4.78 is 23.2. The van der Waals surface area contributed by atoms with Crippen LogP contribution >= 0.6 is 11.6 Å². The number of carbonyl (C=O) groups is 2. The average Bonchev–Trinajstić information content (AvgIpc) is 2.55. The summed E-state index contributed by atoms with van der Waals surface area (Å²) >= 11 is 5.80. The molecule has 0 saturated carbocycles. The summed E-state index contributed by atoms with van der Waals surface area (Å²) in [5.74, 6) is -1.17. The van der Waals surface area contributed by atoms with Crippen molar-refractivity contribution in [1.29, 1.82) is 0 Å². The van der Waals surface area contributed by atoms with Crippen molar-refractivity contribution >= 4 is 29.2 Å². The van der Waals surface area contributed by atoms with Gasteiger partial charge >= 0.3 is 5.97 Å². The number of benzene rings is 2. The molecule has 0 radical (unpaired) electrons. The average molecular weight is 366 g/mol. The van der Waals surface area contributed by atoms with Crippen LogP contribution in [-0.4, -0.2) is 25.1 Å². The van der Waals surface area contributed by atoms with E-state index in [9.17, 15) is 14.0 Å². The maximum atomic E-state index is 12.9. The molecule has 5 nitrogen and oxygen atoms in total. The molecule has 0 aromatic heterocycles. The van der Waals surface area contributed by atoms with Gasteiger partial charge in [0.2, 0.25) is 0 Å². The lowest BCUT2D eigenvalue weighted by Gasteiger charge is -2.12. The molecule has 0 aliphatic rings. The first-order chi connectivity index (χ1) is 11.9. The second-order valence-electron chi connectivity index (χ2n) is 5.34. The lowest BCUT2D eigenvalue weighted by atomic mass is 10.1. The molecule has 0 aliphatic heterocycles. The Labute approximate surface area is 149 Å². The first kappa shape index (κ1) is 18.7. The van der Waals surface area contributed by atoms with Gasteiger partial charge in [0.15, 0.2) is 13.2 Å². The zero-order chi connectivity index (χ0) is 18.4. The Morgan fingerprint density at radius 2 is 1.80 bits per heavy atom. The molecule has 0 unspecified atom stereocenters. The van der Waals surface area contributed by atoms with E-state index in [2.05, 4.69) is 5.32 Å². The number of nitrogens with one attached hydrogen (secondary N) is 1. The van der Waals surface area contributed by atoms with E-state index in [-0.39, 0.29) is 17.3 Å². The first-order valence-electron chi connectivity index (χ1n) is 7.46. The van der Waals surface area contributed by atoms with Gasteiger partial charge in [0, 0.05) is 0 Å². The molecule has 2 aromatic rings. The Balaban J connectivity index is 1.80. The summed E-state index contributed by atoms with van der Waals surface area (Å²) in [5.41, 5.74) is 2.03. The van der Waals surface area contributed by atoms with Crippen LogP contribution in [0, 0.1) is 19.7 Å². The van der Waals surface area contributed by atoms with Gasteiger partial charge < -0.3 is 14.8 Å². The number of esters is 1. The predicted molar refractivity (Wildman–Crippen MR) is 92.4 cm³/mol. The van der Waals surface area contributed by atoms with Crippen LogP contribution in [0.25, 0.3) is 0 Å². The normalized spacial score (nSPS) is 10.2. The molecule has 0 aliphatic carbocycles. The summed E-state index contributed by atoms with van der Waals surface area (Å²) in [6.45, 7) is 2.93. The maximum absolute atomic E-state index is 12.9. The van der Waals surface area contributed by atoms with Crippen LogP contribution in [0.5, 0.6) is 5.75 Å². The van der Waals surface area contributed by atoms with E-state index in [1.165, 1.54) is 6.07 Å². The van der Waals surface area contributed by atoms with Crippen LogP contribution in [0.4, 0.5) is 10.1 Å². The van der Waals surface area contributed by atoms with Crippen molar-refractivity contribution in [1.82, 2.24) is 0 Å². The summed E-state index contributed by atoms with van der Waals surface area (Å²) in [5, 5.41) is 2.48. The zero-order valence-corrected chi connectivity index (χ0v) is 14.5. The van der Waals surface area contributed by atoms with E-state index in [1.54, 1.807) is 0 Å². The Hall–Kier alpha value is -2.60. The van der Waals surface area contributed by atoms with Crippen LogP contribution < -0.4 is 10.1 Å². The number of halogens is 2. The van der Waals surface area contributed by atoms with Crippen LogP contribution in [0.3, 0.4) is 0 Å². The van der Waals surface area contributed by atoms with Crippen molar-refractivity contribution in [2.75, 3.05) is 18.5 Å². The number of para-hydroxylation sites is 1. The standard InChI is InChI=1S/C18H17ClFNO4/c1-11-4-3-5-12(2)18(11)25-10-17(23)24-9-16(22)21-15-7-6-13(20)8-14(15)19/h3-8H,9-10H2,1-2H3,(H,21,22). The van der Waals surface area contributed by atoms with E-state index in [0.29, 0.717) is 5.75 Å². The topological polar surface area (TPSA) is 64.6 Å². The molecule has 1 N–H and O–H groups in total. The largest absolute Gasteiger partial charge is 0.481 e. The summed E-state index contributed by atoms with van der Waals surface area (Å²) in [7, 11) is 0. The monoisotopic (exact) mass is 365 g/mol. The molecule has 0 fully saturated rings. The van der Waals surface area contributed by atoms with E-state index >= 15 is 0 Å². The second kappa shape index (κ2) is 8.48. The van der Waals surface area contributed by atoms with E-state index in [4.69, 9.17) is 21.1 Å². The lowest BCUT2D eigenvalue weighted by molar-refractivity contribution is -0.149. The quantitative estimate of drug-likeness (QED) is 0.793. The molecular formula is C18H17ClFNO4. The molecule has 7 heteroatoms. The molecule has 132 valence electrons. The molecule has 2 aromatic carbocycles. The second-order valence-corrected chi connectivity index (χ2v) is 5.75. The van der Waals surface area contributed by atoms with Crippen LogP contribution in [-0.2, 0) is 14.3 Å². The highest BCUT2D eigenvalue weighted by Crippen LogP contribution is 2.23. The minimum absolute atomic E-state index is 0.0537. The minimum Gasteiger partial charge on any atom is -0.481 e. The lowest BCUT2D eigenvalue weighted by Crippen LogP contribution is -2.24. The van der Waals surface area contributed by atoms with Gasteiger partial charge in [-0.3, -0.25) is 4.79 Å². The molecule has 0 bridgehead atoms. The highest BCUT2D eigenvalue weighted by atomic mass is 35.5. The van der Waals surface area contributed by atoms with Crippen molar-refractivity contribution in [2.24, 2.45) is 0 Å². The molecule has 0 saturated heterocycles. The van der Waals surface area contributed by atoms with Gasteiger partial charge in [-0.05, 0) is 43.2 Å². The fraction of sp³-hybridized carbons (Fsp3) is 0.222. The highest BCUT2D eigenvalue weighted by Gasteiger charge is 2.12. The predicted octanol–water partition coefficient (Wildman–Crippen LogP) is 3.66. The van der Waals surface area contributed by atoms with Gasteiger partial charge in [-0.15, -0.1) is 0 Å². The zero-order valence-electron chi connectivity index (χ0n) is 13.8. The first-order valence-corrected chi connectivity index (χ1v) is 7.84. The van der Waals surface area contributed by atoms with Gasteiger partial charge in [0.25, 0.3) is 5.91 Å². The number of rotatable bonds is 6. The van der Waals surface area contributed by atoms with Crippen molar-refractivity contribution in [3.8, 4) is 5.75 Å². The number of carbonyl (C=O) groups excluding carboxylic acids is 2. The SMILES string of the molecule is Cc1cccc(C)c1OCC(=O)OCC(=O)Nc1ccc(F)cc1Cl. The molecule has 25 heavy (non-hydrogen) atoms.